The van der Waals surface area contributed by atoms with Gasteiger partial charge in [0.15, 0.2) is 0 Å². The molecule has 1 aromatic carbocycles. The van der Waals surface area contributed by atoms with Crippen molar-refractivity contribution in [2.75, 3.05) is 20.3 Å². The fourth-order valence-corrected chi connectivity index (χ4v) is 2.57. The number of aryl methyl sites for hydroxylation is 1. The summed E-state index contributed by atoms with van der Waals surface area (Å²) in [6.07, 6.45) is 1.74. The van der Waals surface area contributed by atoms with E-state index < -0.39 is 0 Å². The van der Waals surface area contributed by atoms with E-state index in [9.17, 15) is 9.90 Å². The molecule has 0 aromatic heterocycles. The summed E-state index contributed by atoms with van der Waals surface area (Å²) in [7, 11) is 1.86. The van der Waals surface area contributed by atoms with Gasteiger partial charge in [0.25, 0.3) is 0 Å². The highest BCUT2D eigenvalue weighted by atomic mass is 16.5. The molecule has 2 rings (SSSR count). The van der Waals surface area contributed by atoms with Gasteiger partial charge in [-0.15, -0.1) is 0 Å². The fourth-order valence-electron chi connectivity index (χ4n) is 2.57. The lowest BCUT2D eigenvalue weighted by Gasteiger charge is -2.20. The number of nitrogens with one attached hydrogen (secondary N) is 2. The van der Waals surface area contributed by atoms with Gasteiger partial charge < -0.3 is 20.5 Å². The highest BCUT2D eigenvalue weighted by Crippen LogP contribution is 2.15. The number of amides is 1. The lowest BCUT2D eigenvalue weighted by molar-refractivity contribution is -0.126. The van der Waals surface area contributed by atoms with E-state index in [0.29, 0.717) is 13.2 Å². The number of phenols is 1. The number of rotatable bonds is 6. The van der Waals surface area contributed by atoms with Crippen molar-refractivity contribution in [1.29, 1.82) is 0 Å². The zero-order chi connectivity index (χ0) is 15.2. The highest BCUT2D eigenvalue weighted by Gasteiger charge is 2.33. The minimum Gasteiger partial charge on any atom is -0.508 e. The number of carbonyl (C=O) groups is 1. The van der Waals surface area contributed by atoms with Crippen molar-refractivity contribution < 1.29 is 14.6 Å². The molecule has 0 spiro atoms. The maximum absolute atomic E-state index is 12.2. The minimum absolute atomic E-state index is 0.0602. The van der Waals surface area contributed by atoms with Gasteiger partial charge in [-0.05, 0) is 44.5 Å². The summed E-state index contributed by atoms with van der Waals surface area (Å²) in [5.41, 5.74) is 1.16. The summed E-state index contributed by atoms with van der Waals surface area (Å²) >= 11 is 0. The molecule has 3 unspecified atom stereocenters. The van der Waals surface area contributed by atoms with Crippen LogP contribution in [-0.2, 0) is 16.0 Å². The average Bonchev–Trinajstić information content (AvgIpc) is 2.95. The number of hydrogen-bond acceptors (Lipinski definition) is 4. The summed E-state index contributed by atoms with van der Waals surface area (Å²) in [6, 6.07) is 7.41. The van der Waals surface area contributed by atoms with Crippen LogP contribution in [0.5, 0.6) is 5.75 Å². The monoisotopic (exact) mass is 292 g/mol. The molecular formula is C16H24N2O3. The lowest BCUT2D eigenvalue weighted by Crippen LogP contribution is -2.45. The van der Waals surface area contributed by atoms with Crippen LogP contribution < -0.4 is 10.6 Å². The molecule has 1 aliphatic rings. The maximum Gasteiger partial charge on any atom is 0.227 e. The second-order valence-electron chi connectivity index (χ2n) is 5.65. The third-order valence-corrected chi connectivity index (χ3v) is 3.98. The van der Waals surface area contributed by atoms with Crippen molar-refractivity contribution in [2.45, 2.75) is 31.8 Å². The van der Waals surface area contributed by atoms with E-state index in [1.165, 1.54) is 0 Å². The van der Waals surface area contributed by atoms with E-state index in [-0.39, 0.29) is 29.7 Å². The zero-order valence-corrected chi connectivity index (χ0v) is 12.6. The van der Waals surface area contributed by atoms with Crippen LogP contribution in [0.15, 0.2) is 24.3 Å². The first-order chi connectivity index (χ1) is 10.1. The Kier molecular flexibility index (Phi) is 5.59. The molecule has 0 bridgehead atoms. The molecular weight excluding hydrogens is 268 g/mol. The third kappa shape index (κ3) is 4.44. The molecule has 21 heavy (non-hydrogen) atoms. The first-order valence-electron chi connectivity index (χ1n) is 7.43. The molecule has 0 aliphatic carbocycles. The molecule has 1 saturated heterocycles. The molecule has 1 fully saturated rings. The summed E-state index contributed by atoms with van der Waals surface area (Å²) in [5, 5.41) is 15.4. The topological polar surface area (TPSA) is 70.6 Å². The number of carbonyl (C=O) groups excluding carboxylic acids is 1. The molecule has 1 aromatic rings. The van der Waals surface area contributed by atoms with Gasteiger partial charge in [-0.25, -0.2) is 0 Å². The first-order valence-corrected chi connectivity index (χ1v) is 7.43. The highest BCUT2D eigenvalue weighted by molar-refractivity contribution is 5.80. The quantitative estimate of drug-likeness (QED) is 0.733. The fraction of sp³-hybridized carbons (Fsp3) is 0.562. The van der Waals surface area contributed by atoms with Crippen LogP contribution in [0.2, 0.25) is 0 Å². The normalized spacial score (nSPS) is 23.0. The average molecular weight is 292 g/mol. The predicted molar refractivity (Wildman–Crippen MR) is 81.2 cm³/mol. The third-order valence-electron chi connectivity index (χ3n) is 3.98. The number of aromatic hydroxyl groups is 1. The summed E-state index contributed by atoms with van der Waals surface area (Å²) < 4.78 is 5.36. The Morgan fingerprint density at radius 1 is 1.38 bits per heavy atom. The predicted octanol–water partition coefficient (Wildman–Crippen LogP) is 1.06. The number of benzene rings is 1. The summed E-state index contributed by atoms with van der Waals surface area (Å²) in [4.78, 5) is 12.2. The number of likely N-dealkylation sites (N-methyl/N-ethyl adjacent to an activating group) is 1. The Labute approximate surface area is 125 Å². The summed E-state index contributed by atoms with van der Waals surface area (Å²) in [5.74, 6) is 0.232. The number of phenolic OH excluding ortho intramolecular Hbond substituents is 1. The van der Waals surface area contributed by atoms with Gasteiger partial charge in [0.1, 0.15) is 5.75 Å². The van der Waals surface area contributed by atoms with Gasteiger partial charge in [0.05, 0.1) is 19.1 Å². The van der Waals surface area contributed by atoms with E-state index in [1.807, 2.05) is 26.1 Å². The Hall–Kier alpha value is -1.59. The molecule has 3 atom stereocenters. The lowest BCUT2D eigenvalue weighted by atomic mass is 10.0. The van der Waals surface area contributed by atoms with Crippen molar-refractivity contribution in [3.8, 4) is 5.75 Å². The molecule has 0 saturated carbocycles. The van der Waals surface area contributed by atoms with Crippen LogP contribution in [0.1, 0.15) is 18.9 Å². The molecule has 1 aliphatic heterocycles. The van der Waals surface area contributed by atoms with Gasteiger partial charge in [-0.3, -0.25) is 4.79 Å². The van der Waals surface area contributed by atoms with Gasteiger partial charge in [-0.1, -0.05) is 12.1 Å². The van der Waals surface area contributed by atoms with E-state index in [2.05, 4.69) is 10.6 Å². The molecule has 116 valence electrons. The summed E-state index contributed by atoms with van der Waals surface area (Å²) in [6.45, 7) is 3.10. The van der Waals surface area contributed by atoms with Crippen LogP contribution in [0.3, 0.4) is 0 Å². The van der Waals surface area contributed by atoms with Crippen LogP contribution in [-0.4, -0.2) is 43.4 Å². The zero-order valence-electron chi connectivity index (χ0n) is 12.6. The molecule has 0 radical (unpaired) electrons. The Bertz CT molecular complexity index is 461. The van der Waals surface area contributed by atoms with Crippen molar-refractivity contribution >= 4 is 5.91 Å². The number of hydrogen-bond donors (Lipinski definition) is 3. The second-order valence-corrected chi connectivity index (χ2v) is 5.65. The van der Waals surface area contributed by atoms with Crippen molar-refractivity contribution in [3.63, 3.8) is 0 Å². The van der Waals surface area contributed by atoms with E-state index >= 15 is 0 Å². The van der Waals surface area contributed by atoms with Crippen molar-refractivity contribution in [1.82, 2.24) is 10.6 Å². The maximum atomic E-state index is 12.2. The van der Waals surface area contributed by atoms with Crippen LogP contribution in [0, 0.1) is 5.92 Å². The van der Waals surface area contributed by atoms with E-state index in [4.69, 9.17) is 4.74 Å². The van der Waals surface area contributed by atoms with Crippen LogP contribution >= 0.6 is 0 Å². The molecule has 1 amide bonds. The molecule has 1 heterocycles. The largest absolute Gasteiger partial charge is 0.508 e. The second kappa shape index (κ2) is 7.43. The Morgan fingerprint density at radius 2 is 2.10 bits per heavy atom. The van der Waals surface area contributed by atoms with Crippen LogP contribution in [0.4, 0.5) is 0 Å². The van der Waals surface area contributed by atoms with Gasteiger partial charge >= 0.3 is 0 Å². The SMILES string of the molecule is CNC1COCC1C(=O)NC(C)CCc1ccc(O)cc1. The van der Waals surface area contributed by atoms with Crippen molar-refractivity contribution in [3.05, 3.63) is 29.8 Å². The van der Waals surface area contributed by atoms with E-state index in [1.54, 1.807) is 12.1 Å². The number of ether oxygens (including phenoxy) is 1. The Morgan fingerprint density at radius 3 is 2.76 bits per heavy atom. The Balaban J connectivity index is 1.77. The molecule has 5 nitrogen and oxygen atoms in total. The minimum atomic E-state index is -0.105. The van der Waals surface area contributed by atoms with E-state index in [0.717, 1.165) is 18.4 Å². The van der Waals surface area contributed by atoms with Gasteiger partial charge in [-0.2, -0.15) is 0 Å². The van der Waals surface area contributed by atoms with Crippen molar-refractivity contribution in [2.24, 2.45) is 5.92 Å². The molecule has 3 N–H and O–H groups in total. The first kappa shape index (κ1) is 15.8. The van der Waals surface area contributed by atoms with Gasteiger partial charge in [0.2, 0.25) is 5.91 Å². The van der Waals surface area contributed by atoms with Gasteiger partial charge in [0, 0.05) is 12.1 Å². The molecule has 5 heteroatoms. The standard InChI is InChI=1S/C16H24N2O3/c1-11(3-4-12-5-7-13(19)8-6-12)18-16(20)14-9-21-10-15(14)17-2/h5-8,11,14-15,17,19H,3-4,9-10H2,1-2H3,(H,18,20). The van der Waals surface area contributed by atoms with Crippen LogP contribution in [0.25, 0.3) is 0 Å². The smallest absolute Gasteiger partial charge is 0.227 e.